The van der Waals surface area contributed by atoms with Crippen LogP contribution in [0.25, 0.3) is 0 Å². The number of rotatable bonds is 7. The summed E-state index contributed by atoms with van der Waals surface area (Å²) < 4.78 is 8.66. The van der Waals surface area contributed by atoms with Crippen LogP contribution in [0.15, 0.2) is 31.0 Å². The van der Waals surface area contributed by atoms with Gasteiger partial charge in [-0.05, 0) is 4.92 Å². The number of methoxy groups -OCH3 is 2. The molecule has 0 aromatic carbocycles. The van der Waals surface area contributed by atoms with Crippen molar-refractivity contribution in [1.82, 2.24) is 49.8 Å². The molecule has 0 aliphatic carbocycles. The summed E-state index contributed by atoms with van der Waals surface area (Å²) >= 11 is 16.1. The zero-order chi connectivity index (χ0) is 38.0. The van der Waals surface area contributed by atoms with Crippen LogP contribution in [0, 0.1) is 10.1 Å². The van der Waals surface area contributed by atoms with E-state index in [0.717, 1.165) is 12.4 Å². The van der Waals surface area contributed by atoms with E-state index in [1.165, 1.54) is 32.8 Å². The Morgan fingerprint density at radius 2 is 1.08 bits per heavy atom. The molecule has 266 valence electrons. The van der Waals surface area contributed by atoms with E-state index in [0.29, 0.717) is 16.6 Å². The second-order valence-corrected chi connectivity index (χ2v) is 9.03. The number of ether oxygens (including phenoxy) is 2. The summed E-state index contributed by atoms with van der Waals surface area (Å²) in [6.45, 7) is 0. The summed E-state index contributed by atoms with van der Waals surface area (Å²) in [5, 5.41) is 35.8. The largest absolute Gasteiger partial charge is 0.477 e. The Morgan fingerprint density at radius 1 is 0.660 bits per heavy atom. The molecular weight excluding hydrogens is 745 g/mol. The lowest BCUT2D eigenvalue weighted by Crippen LogP contribution is -2.04. The molecule has 5 aromatic rings. The van der Waals surface area contributed by atoms with Gasteiger partial charge >= 0.3 is 41.5 Å². The van der Waals surface area contributed by atoms with Crippen LogP contribution < -0.4 is 0 Å². The van der Waals surface area contributed by atoms with Crippen LogP contribution in [-0.2, 0) is 9.47 Å². The van der Waals surface area contributed by atoms with Gasteiger partial charge in [0.05, 0.1) is 39.0 Å². The Kier molecular flexibility index (Phi) is 17.0. The predicted octanol–water partition coefficient (Wildman–Crippen LogP) is 2.40. The minimum Gasteiger partial charge on any atom is -0.477 e. The molecule has 5 aromatic heterocycles. The number of carboxylic acid groups (broad SMARTS) is 3. The zero-order valence-electron chi connectivity index (χ0n) is 24.7. The van der Waals surface area contributed by atoms with Crippen molar-refractivity contribution in [3.05, 3.63) is 91.4 Å². The van der Waals surface area contributed by atoms with Gasteiger partial charge in [0.2, 0.25) is 17.5 Å². The van der Waals surface area contributed by atoms with Gasteiger partial charge in [0.25, 0.3) is 0 Å². The highest BCUT2D eigenvalue weighted by Crippen LogP contribution is 2.06. The number of nitrogens with zero attached hydrogens (tertiary/aromatic N) is 6. The topological polar surface area (TPSA) is 368 Å². The highest BCUT2D eigenvalue weighted by molar-refractivity contribution is 6.30. The average molecular weight is 765 g/mol. The maximum atomic E-state index is 10.7. The molecule has 0 saturated heterocycles. The Hall–Kier alpha value is -6.66. The van der Waals surface area contributed by atoms with Gasteiger partial charge < -0.3 is 54.8 Å². The normalized spacial score (nSPS) is 9.38. The van der Waals surface area contributed by atoms with E-state index in [9.17, 15) is 38.9 Å². The number of esters is 2. The first-order valence-corrected chi connectivity index (χ1v) is 13.3. The molecule has 27 heteroatoms. The quantitative estimate of drug-likeness (QED) is 0.0510. The molecule has 0 saturated carbocycles. The van der Waals surface area contributed by atoms with Crippen LogP contribution in [0.4, 0.5) is 5.82 Å². The average Bonchev–Trinajstić information content (AvgIpc) is 3.92. The summed E-state index contributed by atoms with van der Waals surface area (Å²) in [6, 6.07) is 0. The van der Waals surface area contributed by atoms with Gasteiger partial charge in [0, 0.05) is 0 Å². The number of aromatic carboxylic acids is 3. The van der Waals surface area contributed by atoms with E-state index < -0.39 is 46.4 Å². The molecular formula is C23H20Cl3N11O13. The van der Waals surface area contributed by atoms with Crippen LogP contribution in [0.3, 0.4) is 0 Å². The highest BCUT2D eigenvalue weighted by Gasteiger charge is 2.15. The van der Waals surface area contributed by atoms with Crippen molar-refractivity contribution >= 4 is 76.8 Å². The summed E-state index contributed by atoms with van der Waals surface area (Å²) in [4.78, 5) is 100.0. The van der Waals surface area contributed by atoms with Crippen LogP contribution >= 0.6 is 34.8 Å². The summed E-state index contributed by atoms with van der Waals surface area (Å²) in [5.41, 5.74) is -0.143. The van der Waals surface area contributed by atoms with Gasteiger partial charge in [-0.25, -0.2) is 53.9 Å². The van der Waals surface area contributed by atoms with Crippen LogP contribution in [0.2, 0.25) is 15.5 Å². The number of H-pyrrole nitrogens is 5. The summed E-state index contributed by atoms with van der Waals surface area (Å²) in [6.07, 6.45) is 6.47. The van der Waals surface area contributed by atoms with E-state index in [-0.39, 0.29) is 34.1 Å². The molecule has 0 aliphatic heterocycles. The summed E-state index contributed by atoms with van der Waals surface area (Å²) in [7, 11) is 2.46. The molecule has 0 bridgehead atoms. The number of hydrogen-bond acceptors (Lipinski definition) is 15. The molecule has 0 unspecified atom stereocenters. The first-order valence-electron chi connectivity index (χ1n) is 12.2. The Morgan fingerprint density at radius 3 is 1.36 bits per heavy atom. The fourth-order valence-corrected chi connectivity index (χ4v) is 2.85. The van der Waals surface area contributed by atoms with Gasteiger partial charge in [-0.1, -0.05) is 34.8 Å². The van der Waals surface area contributed by atoms with Crippen molar-refractivity contribution < 1.29 is 58.5 Å². The fourth-order valence-electron chi connectivity index (χ4n) is 2.42. The third kappa shape index (κ3) is 14.4. The van der Waals surface area contributed by atoms with Crippen LogP contribution in [0.1, 0.15) is 63.6 Å². The number of carbonyl (C=O) groups excluding carboxylic acids is 3. The smallest absolute Gasteiger partial charge is 0.396 e. The Labute approximate surface area is 290 Å². The minimum atomic E-state index is -1.32. The third-order valence-corrected chi connectivity index (χ3v) is 5.07. The molecule has 0 spiro atoms. The van der Waals surface area contributed by atoms with Crippen LogP contribution in [0.5, 0.6) is 0 Å². The number of carbonyl (C=O) groups is 6. The molecule has 0 atom stereocenters. The van der Waals surface area contributed by atoms with Crippen molar-refractivity contribution in [2.75, 3.05) is 14.2 Å². The van der Waals surface area contributed by atoms with Crippen molar-refractivity contribution in [1.29, 1.82) is 0 Å². The Balaban J connectivity index is 0.000000314. The number of carboxylic acids is 3. The molecule has 0 aliphatic rings. The van der Waals surface area contributed by atoms with Gasteiger partial charge in [-0.2, -0.15) is 0 Å². The SMILES string of the molecule is COC(=O)c1ncc(C(=O)O)[nH]1.COC(=O)c1ncc(Cl)[nH]1.O=C(O)c1ncc(Cl)[nH]1.O=C(O)c1ncc([N+](=O)[O-])[nH]1.O=Cc1ncc(Cl)[nH]1. The maximum absolute atomic E-state index is 10.7. The monoisotopic (exact) mass is 763 g/mol. The lowest BCUT2D eigenvalue weighted by Gasteiger charge is -1.91. The molecule has 50 heavy (non-hydrogen) atoms. The van der Waals surface area contributed by atoms with E-state index >= 15 is 0 Å². The first-order chi connectivity index (χ1) is 23.5. The van der Waals surface area contributed by atoms with Gasteiger partial charge in [-0.3, -0.25) is 4.79 Å². The molecule has 0 radical (unpaired) electrons. The molecule has 0 fully saturated rings. The molecule has 5 heterocycles. The van der Waals surface area contributed by atoms with Crippen molar-refractivity contribution in [3.63, 3.8) is 0 Å². The molecule has 24 nitrogen and oxygen atoms in total. The van der Waals surface area contributed by atoms with E-state index in [1.54, 1.807) is 0 Å². The lowest BCUT2D eigenvalue weighted by atomic mass is 10.5. The highest BCUT2D eigenvalue weighted by atomic mass is 35.5. The molecule has 8 N–H and O–H groups in total. The van der Waals surface area contributed by atoms with E-state index in [1.807, 2.05) is 4.98 Å². The van der Waals surface area contributed by atoms with Crippen molar-refractivity contribution in [2.45, 2.75) is 0 Å². The molecule has 5 rings (SSSR count). The zero-order valence-corrected chi connectivity index (χ0v) is 27.0. The second kappa shape index (κ2) is 20.5. The first kappa shape index (κ1) is 41.4. The van der Waals surface area contributed by atoms with E-state index in [2.05, 4.69) is 54.3 Å². The lowest BCUT2D eigenvalue weighted by molar-refractivity contribution is -0.389. The van der Waals surface area contributed by atoms with Gasteiger partial charge in [0.15, 0.2) is 12.1 Å². The maximum Gasteiger partial charge on any atom is 0.396 e. The third-order valence-electron chi connectivity index (χ3n) is 4.49. The fraction of sp³-hybridized carbons (Fsp3) is 0.0870. The number of aldehydes is 1. The number of nitrogens with one attached hydrogen (secondary N) is 5. The van der Waals surface area contributed by atoms with E-state index in [4.69, 9.17) is 50.1 Å². The number of aromatic nitrogens is 10. The standard InChI is InChI=1S/C6H6N2O4.C5H5ClN2O2.C4H3ClN2O2.C4H3ClN2O.C4H3N3O4/c1-12-6(11)4-7-2-3(8-4)5(9)10;1-10-5(9)4-7-2-3(6)8-4;5-2-1-6-3(7-2)4(8)9;5-3-1-6-4(2-8)7-3;8-4(9)3-5-1-2(6-3)7(10)11/h2H,1H3,(H,7,8)(H,9,10);2H,1H3,(H,7,8);1H,(H,6,7)(H,8,9);1-2H,(H,6,7);1H,(H,5,6)(H,8,9). The van der Waals surface area contributed by atoms with Gasteiger partial charge in [0.1, 0.15) is 27.4 Å². The summed E-state index contributed by atoms with van der Waals surface area (Å²) in [5.74, 6) is -5.55. The number of halogens is 3. The van der Waals surface area contributed by atoms with Crippen LogP contribution in [-0.4, -0.2) is 120 Å². The second-order valence-electron chi connectivity index (χ2n) is 7.81. The van der Waals surface area contributed by atoms with Crippen molar-refractivity contribution in [3.8, 4) is 0 Å². The minimum absolute atomic E-state index is 0.116. The Bertz CT molecular complexity index is 1900. The number of nitro groups is 1. The number of imidazole rings is 5. The predicted molar refractivity (Wildman–Crippen MR) is 164 cm³/mol. The molecule has 0 amide bonds. The van der Waals surface area contributed by atoms with Gasteiger partial charge in [-0.15, -0.1) is 0 Å². The number of aromatic amines is 5. The van der Waals surface area contributed by atoms with Crippen molar-refractivity contribution in [2.24, 2.45) is 0 Å². The number of hydrogen-bond donors (Lipinski definition) is 8.